The zero-order valence-electron chi connectivity index (χ0n) is 13.2. The second kappa shape index (κ2) is 5.64. The number of carbonyl (C=O) groups excluding carboxylic acids is 1. The topological polar surface area (TPSA) is 76.0 Å². The number of phenolic OH excluding ortho intramolecular Hbond substituents is 2. The van der Waals surface area contributed by atoms with E-state index in [1.807, 2.05) is 12.1 Å². The molecule has 0 aromatic heterocycles. The molecule has 2 heterocycles. The number of phenols is 2. The van der Waals surface area contributed by atoms with Crippen molar-refractivity contribution in [2.24, 2.45) is 0 Å². The van der Waals surface area contributed by atoms with Gasteiger partial charge < -0.3 is 19.7 Å². The van der Waals surface area contributed by atoms with Crippen LogP contribution in [0, 0.1) is 0 Å². The van der Waals surface area contributed by atoms with Gasteiger partial charge in [0.25, 0.3) is 0 Å². The molecule has 3 aromatic rings. The minimum absolute atomic E-state index is 0. The number of fused-ring (bicyclic) bond motifs is 6. The number of carbonyl (C=O) groups is 1. The molecule has 0 aliphatic carbocycles. The van der Waals surface area contributed by atoms with Gasteiger partial charge in [0.1, 0.15) is 23.0 Å². The van der Waals surface area contributed by atoms with Gasteiger partial charge in [-0.2, -0.15) is 0 Å². The van der Waals surface area contributed by atoms with E-state index < -0.39 is 11.6 Å². The van der Waals surface area contributed by atoms with Crippen LogP contribution in [0.1, 0.15) is 27.0 Å². The molecule has 26 heavy (non-hydrogen) atoms. The molecule has 2 aliphatic rings. The van der Waals surface area contributed by atoms with Gasteiger partial charge in [-0.05, 0) is 30.3 Å². The molecule has 6 heteroatoms. The maximum Gasteiger partial charge on any atom is 0.340 e. The SMILES string of the molecule is O=C1OC2(c3ccc(O)cc3Oc3cc(O)ccc32)c2ccccc21.[Au]. The summed E-state index contributed by atoms with van der Waals surface area (Å²) in [4.78, 5) is 12.5. The Morgan fingerprint density at radius 3 is 1.96 bits per heavy atom. The van der Waals surface area contributed by atoms with Crippen molar-refractivity contribution in [1.29, 1.82) is 0 Å². The van der Waals surface area contributed by atoms with E-state index in [9.17, 15) is 15.0 Å². The molecule has 1 spiro atoms. The number of rotatable bonds is 0. The second-order valence-electron chi connectivity index (χ2n) is 6.08. The fraction of sp³-hybridized carbons (Fsp3) is 0.0500. The fourth-order valence-corrected chi connectivity index (χ4v) is 3.65. The summed E-state index contributed by atoms with van der Waals surface area (Å²) in [5, 5.41) is 19.7. The maximum atomic E-state index is 12.5. The van der Waals surface area contributed by atoms with Crippen LogP contribution in [-0.2, 0) is 32.7 Å². The Labute approximate surface area is 164 Å². The number of esters is 1. The fourth-order valence-electron chi connectivity index (χ4n) is 3.65. The standard InChI is InChI=1S/C20H12O5.Au/c21-11-5-7-15-17(9-11)24-18-10-12(22)6-8-16(18)20(15)14-4-2-1-3-13(14)19(23)25-20;/h1-10,21-22H;. The third-order valence-electron chi connectivity index (χ3n) is 4.68. The Bertz CT molecular complexity index is 1010. The van der Waals surface area contributed by atoms with Gasteiger partial charge in [0, 0.05) is 51.2 Å². The van der Waals surface area contributed by atoms with Crippen molar-refractivity contribution >= 4 is 5.97 Å². The Morgan fingerprint density at radius 2 is 1.35 bits per heavy atom. The van der Waals surface area contributed by atoms with Crippen molar-refractivity contribution in [1.82, 2.24) is 0 Å². The zero-order chi connectivity index (χ0) is 17.2. The first kappa shape index (κ1) is 16.7. The third-order valence-corrected chi connectivity index (χ3v) is 4.68. The Hall–Kier alpha value is -2.73. The van der Waals surface area contributed by atoms with E-state index in [0.29, 0.717) is 33.8 Å². The molecule has 0 saturated carbocycles. The van der Waals surface area contributed by atoms with Crippen LogP contribution in [0.4, 0.5) is 0 Å². The van der Waals surface area contributed by atoms with Crippen LogP contribution in [0.5, 0.6) is 23.0 Å². The van der Waals surface area contributed by atoms with Crippen molar-refractivity contribution < 1.29 is 46.9 Å². The zero-order valence-corrected chi connectivity index (χ0v) is 15.4. The average Bonchev–Trinajstić information content (AvgIpc) is 2.88. The Kier molecular flexibility index (Phi) is 3.63. The second-order valence-corrected chi connectivity index (χ2v) is 6.08. The molecule has 133 valence electrons. The molecule has 2 N–H and O–H groups in total. The van der Waals surface area contributed by atoms with E-state index in [1.165, 1.54) is 24.3 Å². The summed E-state index contributed by atoms with van der Waals surface area (Å²) in [6, 6.07) is 16.6. The van der Waals surface area contributed by atoms with E-state index in [0.717, 1.165) is 0 Å². The van der Waals surface area contributed by atoms with Gasteiger partial charge in [-0.15, -0.1) is 0 Å². The van der Waals surface area contributed by atoms with Gasteiger partial charge in [0.05, 0.1) is 5.56 Å². The first-order valence-corrected chi connectivity index (χ1v) is 7.77. The van der Waals surface area contributed by atoms with E-state index in [-0.39, 0.29) is 33.9 Å². The average molecular weight is 529 g/mol. The number of hydrogen-bond donors (Lipinski definition) is 2. The normalized spacial score (nSPS) is 15.2. The molecular formula is C20H12AuO5. The monoisotopic (exact) mass is 529 g/mol. The summed E-state index contributed by atoms with van der Waals surface area (Å²) < 4.78 is 11.8. The van der Waals surface area contributed by atoms with Gasteiger partial charge in [-0.25, -0.2) is 4.79 Å². The summed E-state index contributed by atoms with van der Waals surface area (Å²) in [7, 11) is 0. The number of aromatic hydroxyl groups is 2. The van der Waals surface area contributed by atoms with Crippen molar-refractivity contribution in [2.45, 2.75) is 5.60 Å². The van der Waals surface area contributed by atoms with Crippen molar-refractivity contribution in [3.8, 4) is 23.0 Å². The Balaban J connectivity index is 0.00000168. The smallest absolute Gasteiger partial charge is 0.340 e. The maximum absolute atomic E-state index is 12.5. The largest absolute Gasteiger partial charge is 0.508 e. The van der Waals surface area contributed by atoms with Crippen LogP contribution in [0.3, 0.4) is 0 Å². The molecule has 1 radical (unpaired) electrons. The molecule has 0 bridgehead atoms. The summed E-state index contributed by atoms with van der Waals surface area (Å²) in [6.07, 6.45) is 0. The molecule has 0 fully saturated rings. The van der Waals surface area contributed by atoms with Gasteiger partial charge >= 0.3 is 5.97 Å². The first-order chi connectivity index (χ1) is 12.1. The minimum atomic E-state index is -1.17. The Morgan fingerprint density at radius 1 is 0.769 bits per heavy atom. The van der Waals surface area contributed by atoms with Crippen LogP contribution in [0.15, 0.2) is 60.7 Å². The van der Waals surface area contributed by atoms with Crippen LogP contribution >= 0.6 is 0 Å². The van der Waals surface area contributed by atoms with Gasteiger partial charge in [0.2, 0.25) is 0 Å². The van der Waals surface area contributed by atoms with Crippen molar-refractivity contribution in [3.63, 3.8) is 0 Å². The molecule has 5 nitrogen and oxygen atoms in total. The molecule has 0 unspecified atom stereocenters. The quantitative estimate of drug-likeness (QED) is 0.344. The van der Waals surface area contributed by atoms with Crippen LogP contribution in [0.25, 0.3) is 0 Å². The van der Waals surface area contributed by atoms with Gasteiger partial charge in [-0.3, -0.25) is 0 Å². The van der Waals surface area contributed by atoms with E-state index in [1.54, 1.807) is 24.3 Å². The van der Waals surface area contributed by atoms with E-state index in [4.69, 9.17) is 9.47 Å². The molecule has 0 atom stereocenters. The first-order valence-electron chi connectivity index (χ1n) is 7.77. The van der Waals surface area contributed by atoms with Crippen molar-refractivity contribution in [3.05, 3.63) is 82.9 Å². The summed E-state index contributed by atoms with van der Waals surface area (Å²) in [6.45, 7) is 0. The van der Waals surface area contributed by atoms with Gasteiger partial charge in [-0.1, -0.05) is 18.2 Å². The summed E-state index contributed by atoms with van der Waals surface area (Å²) in [5.74, 6) is 0.408. The molecule has 5 rings (SSSR count). The van der Waals surface area contributed by atoms with Crippen molar-refractivity contribution in [2.75, 3.05) is 0 Å². The molecule has 3 aromatic carbocycles. The van der Waals surface area contributed by atoms with Crippen LogP contribution in [-0.4, -0.2) is 16.2 Å². The van der Waals surface area contributed by atoms with E-state index in [2.05, 4.69) is 0 Å². The number of ether oxygens (including phenoxy) is 2. The van der Waals surface area contributed by atoms with Crippen LogP contribution < -0.4 is 4.74 Å². The van der Waals surface area contributed by atoms with Crippen LogP contribution in [0.2, 0.25) is 0 Å². The molecule has 0 amide bonds. The van der Waals surface area contributed by atoms with Gasteiger partial charge in [0.15, 0.2) is 5.60 Å². The summed E-state index contributed by atoms with van der Waals surface area (Å²) in [5.41, 5.74) is 1.28. The number of hydrogen-bond acceptors (Lipinski definition) is 5. The predicted molar refractivity (Wildman–Crippen MR) is 88.0 cm³/mol. The molecular weight excluding hydrogens is 517 g/mol. The van der Waals surface area contributed by atoms with E-state index >= 15 is 0 Å². The third kappa shape index (κ3) is 2.05. The summed E-state index contributed by atoms with van der Waals surface area (Å²) >= 11 is 0. The molecule has 2 aliphatic heterocycles. The minimum Gasteiger partial charge on any atom is -0.508 e. The molecule has 0 saturated heterocycles. The number of benzene rings is 3. The predicted octanol–water partition coefficient (Wildman–Crippen LogP) is 3.66.